The van der Waals surface area contributed by atoms with Gasteiger partial charge in [0, 0.05) is 25.9 Å². The van der Waals surface area contributed by atoms with E-state index in [1.165, 1.54) is 12.8 Å². The molecule has 226 valence electrons. The molecule has 0 aliphatic carbocycles. The summed E-state index contributed by atoms with van der Waals surface area (Å²) in [6.45, 7) is 4.43. The van der Waals surface area contributed by atoms with Crippen LogP contribution in [0.3, 0.4) is 0 Å². The second-order valence-corrected chi connectivity index (χ2v) is 10.9. The van der Waals surface area contributed by atoms with Crippen LogP contribution in [0.25, 0.3) is 0 Å². The van der Waals surface area contributed by atoms with Crippen LogP contribution in [0.5, 0.6) is 5.75 Å². The number of nitrogens with zero attached hydrogens (tertiary/aromatic N) is 1. The van der Waals surface area contributed by atoms with Gasteiger partial charge in [-0.3, -0.25) is 19.2 Å². The molecule has 0 bridgehead atoms. The van der Waals surface area contributed by atoms with Gasteiger partial charge in [0.05, 0.1) is 12.2 Å². The molecule has 10 heteroatoms. The van der Waals surface area contributed by atoms with Crippen molar-refractivity contribution >= 4 is 23.6 Å². The highest BCUT2D eigenvalue weighted by molar-refractivity contribution is 5.99. The summed E-state index contributed by atoms with van der Waals surface area (Å²) in [6.07, 6.45) is 5.20. The van der Waals surface area contributed by atoms with Crippen LogP contribution in [0.15, 0.2) is 54.6 Å². The molecule has 2 aromatic carbocycles. The highest BCUT2D eigenvalue weighted by Gasteiger charge is 2.26. The first-order valence-electron chi connectivity index (χ1n) is 15.1. The van der Waals surface area contributed by atoms with Crippen LogP contribution >= 0.6 is 0 Å². The van der Waals surface area contributed by atoms with E-state index >= 15 is 0 Å². The minimum Gasteiger partial charge on any atom is -0.493 e. The van der Waals surface area contributed by atoms with E-state index in [1.54, 1.807) is 24.3 Å². The van der Waals surface area contributed by atoms with E-state index in [0.29, 0.717) is 37.2 Å². The largest absolute Gasteiger partial charge is 0.493 e. The monoisotopic (exact) mass is 577 g/mol. The molecule has 1 saturated heterocycles. The van der Waals surface area contributed by atoms with Crippen LogP contribution in [0, 0.1) is 0 Å². The third-order valence-corrected chi connectivity index (χ3v) is 7.62. The lowest BCUT2D eigenvalue weighted by atomic mass is 10.0. The molecule has 2 atom stereocenters. The molecule has 4 amide bonds. The second-order valence-electron chi connectivity index (χ2n) is 10.9. The van der Waals surface area contributed by atoms with Crippen molar-refractivity contribution in [2.75, 3.05) is 39.3 Å². The van der Waals surface area contributed by atoms with Crippen molar-refractivity contribution in [2.45, 2.75) is 63.5 Å². The lowest BCUT2D eigenvalue weighted by molar-refractivity contribution is -0.129. The maximum absolute atomic E-state index is 13.3. The molecule has 0 aromatic heterocycles. The number of hydrogen-bond donors (Lipinski definition) is 4. The Morgan fingerprint density at radius 3 is 2.50 bits per heavy atom. The smallest absolute Gasteiger partial charge is 0.255 e. The average molecular weight is 578 g/mol. The van der Waals surface area contributed by atoms with Crippen molar-refractivity contribution in [1.82, 2.24) is 26.2 Å². The van der Waals surface area contributed by atoms with Crippen molar-refractivity contribution in [3.05, 3.63) is 65.7 Å². The number of amides is 4. The molecule has 10 nitrogen and oxygen atoms in total. The fourth-order valence-electron chi connectivity index (χ4n) is 5.28. The highest BCUT2D eigenvalue weighted by atomic mass is 16.5. The SMILES string of the molecule is O=C1CC[C@@H](C(=O)NCCCCN2CCCC2)NC(=O)c2ccccc2OCCCNC(=O)[C@H](Cc2ccccc2)N1. The van der Waals surface area contributed by atoms with E-state index in [-0.39, 0.29) is 37.2 Å². The van der Waals surface area contributed by atoms with Gasteiger partial charge in [-0.25, -0.2) is 0 Å². The van der Waals surface area contributed by atoms with Crippen LogP contribution < -0.4 is 26.0 Å². The lowest BCUT2D eigenvalue weighted by Crippen LogP contribution is -2.50. The number of carbonyl (C=O) groups is 4. The first-order chi connectivity index (χ1) is 20.5. The number of rotatable bonds is 8. The number of fused-ring (bicyclic) bond motifs is 1. The maximum Gasteiger partial charge on any atom is 0.255 e. The van der Waals surface area contributed by atoms with Crippen LogP contribution in [0.2, 0.25) is 0 Å². The van der Waals surface area contributed by atoms with E-state index < -0.39 is 18.0 Å². The molecule has 2 aliphatic heterocycles. The van der Waals surface area contributed by atoms with E-state index in [0.717, 1.165) is 38.0 Å². The molecule has 2 heterocycles. The minimum absolute atomic E-state index is 0.0377. The lowest BCUT2D eigenvalue weighted by Gasteiger charge is -2.22. The number of unbranched alkanes of at least 4 members (excludes halogenated alkanes) is 1. The molecule has 4 N–H and O–H groups in total. The number of para-hydroxylation sites is 1. The third kappa shape index (κ3) is 9.87. The topological polar surface area (TPSA) is 129 Å². The summed E-state index contributed by atoms with van der Waals surface area (Å²) in [5, 5.41) is 11.5. The molecular weight excluding hydrogens is 534 g/mol. The first-order valence-corrected chi connectivity index (χ1v) is 15.1. The number of nitrogens with one attached hydrogen (secondary N) is 4. The molecular formula is C32H43N5O5. The Labute approximate surface area is 247 Å². The van der Waals surface area contributed by atoms with Gasteiger partial charge in [-0.2, -0.15) is 0 Å². The van der Waals surface area contributed by atoms with Gasteiger partial charge in [0.25, 0.3) is 5.91 Å². The highest BCUT2D eigenvalue weighted by Crippen LogP contribution is 2.19. The van der Waals surface area contributed by atoms with Crippen molar-refractivity contribution in [3.8, 4) is 5.75 Å². The molecule has 0 radical (unpaired) electrons. The Balaban J connectivity index is 1.43. The third-order valence-electron chi connectivity index (χ3n) is 7.62. The Morgan fingerprint density at radius 2 is 1.69 bits per heavy atom. The maximum atomic E-state index is 13.3. The van der Waals surface area contributed by atoms with Crippen LogP contribution in [-0.2, 0) is 20.8 Å². The molecule has 1 fully saturated rings. The first kappa shape index (κ1) is 31.0. The van der Waals surface area contributed by atoms with E-state index in [1.807, 2.05) is 30.3 Å². The van der Waals surface area contributed by atoms with Gasteiger partial charge in [0.1, 0.15) is 17.8 Å². The van der Waals surface area contributed by atoms with Crippen molar-refractivity contribution in [1.29, 1.82) is 0 Å². The fourth-order valence-corrected chi connectivity index (χ4v) is 5.28. The Morgan fingerprint density at radius 1 is 0.929 bits per heavy atom. The van der Waals surface area contributed by atoms with Crippen molar-refractivity contribution in [3.63, 3.8) is 0 Å². The van der Waals surface area contributed by atoms with Crippen LogP contribution in [-0.4, -0.2) is 79.9 Å². The van der Waals surface area contributed by atoms with Gasteiger partial charge < -0.3 is 30.9 Å². The van der Waals surface area contributed by atoms with Crippen LogP contribution in [0.1, 0.15) is 60.9 Å². The van der Waals surface area contributed by atoms with E-state index in [4.69, 9.17) is 4.74 Å². The van der Waals surface area contributed by atoms with Gasteiger partial charge in [-0.05, 0) is 75.9 Å². The van der Waals surface area contributed by atoms with Crippen molar-refractivity contribution < 1.29 is 23.9 Å². The summed E-state index contributed by atoms with van der Waals surface area (Å²) in [7, 11) is 0. The number of benzene rings is 2. The summed E-state index contributed by atoms with van der Waals surface area (Å²) < 4.78 is 5.88. The normalized spacial score (nSPS) is 20.9. The number of ether oxygens (including phenoxy) is 1. The summed E-state index contributed by atoms with van der Waals surface area (Å²) >= 11 is 0. The Bertz CT molecular complexity index is 1180. The number of carbonyl (C=O) groups excluding carboxylic acids is 4. The fraction of sp³-hybridized carbons (Fsp3) is 0.500. The van der Waals surface area contributed by atoms with Gasteiger partial charge >= 0.3 is 0 Å². The summed E-state index contributed by atoms with van der Waals surface area (Å²) in [4.78, 5) is 55.0. The van der Waals surface area contributed by atoms with Gasteiger partial charge in [0.15, 0.2) is 0 Å². The minimum atomic E-state index is -0.927. The van der Waals surface area contributed by atoms with Crippen LogP contribution in [0.4, 0.5) is 0 Å². The summed E-state index contributed by atoms with van der Waals surface area (Å²) in [5.41, 5.74) is 1.23. The predicted molar refractivity (Wildman–Crippen MR) is 160 cm³/mol. The zero-order chi connectivity index (χ0) is 29.6. The average Bonchev–Trinajstić information content (AvgIpc) is 3.52. The molecule has 2 aliphatic rings. The zero-order valence-corrected chi connectivity index (χ0v) is 24.2. The summed E-state index contributed by atoms with van der Waals surface area (Å²) in [6, 6.07) is 14.6. The molecule has 0 unspecified atom stereocenters. The standard InChI is InChI=1S/C32H43N5O5/c38-29-16-15-26(31(40)33-17-6-7-19-37-20-8-9-21-37)36-30(39)25-13-4-5-14-28(25)42-22-10-18-34-32(41)27(35-29)23-24-11-2-1-3-12-24/h1-5,11-14,26-27H,6-10,15-23H2,(H,33,40)(H,34,41)(H,35,38)(H,36,39)/t26-,27-/m0/s1. The Kier molecular flexibility index (Phi) is 12.2. The molecule has 4 rings (SSSR count). The molecule has 0 spiro atoms. The quantitative estimate of drug-likeness (QED) is 0.356. The van der Waals surface area contributed by atoms with Crippen molar-refractivity contribution in [2.24, 2.45) is 0 Å². The van der Waals surface area contributed by atoms with Gasteiger partial charge in [-0.15, -0.1) is 0 Å². The molecule has 2 aromatic rings. The Hall–Kier alpha value is -3.92. The summed E-state index contributed by atoms with van der Waals surface area (Å²) in [5.74, 6) is -1.03. The van der Waals surface area contributed by atoms with Gasteiger partial charge in [0.2, 0.25) is 17.7 Å². The number of likely N-dealkylation sites (tertiary alicyclic amines) is 1. The molecule has 42 heavy (non-hydrogen) atoms. The number of hydrogen-bond acceptors (Lipinski definition) is 6. The zero-order valence-electron chi connectivity index (χ0n) is 24.2. The van der Waals surface area contributed by atoms with Gasteiger partial charge in [-0.1, -0.05) is 42.5 Å². The van der Waals surface area contributed by atoms with E-state index in [2.05, 4.69) is 26.2 Å². The second kappa shape index (κ2) is 16.5. The predicted octanol–water partition coefficient (Wildman–Crippen LogP) is 2.18. The molecule has 0 saturated carbocycles. The van der Waals surface area contributed by atoms with E-state index in [9.17, 15) is 19.2 Å².